The van der Waals surface area contributed by atoms with E-state index in [2.05, 4.69) is 10.3 Å². The molecule has 1 aliphatic rings. The third kappa shape index (κ3) is 5.46. The Kier molecular flexibility index (Phi) is 7.60. The zero-order chi connectivity index (χ0) is 24.1. The Hall–Kier alpha value is -3.22. The summed E-state index contributed by atoms with van der Waals surface area (Å²) in [5, 5.41) is 3.18. The number of benzene rings is 2. The maximum atomic E-state index is 13.3. The average molecular weight is 461 g/mol. The second-order valence-electron chi connectivity index (χ2n) is 8.84. The standard InChI is InChI=1S/C28H29FN2O3/c1-18-13-22(20-6-8-23(29)9-7-20)14-19(2)26(18)27-25(32)15-21(28(27)33)10-12-30-17-34-16-24-5-3-4-11-31-24/h3-9,11,13-14,21,27,30H,10,12,15-17H2,1-2H3. The highest BCUT2D eigenvalue weighted by Gasteiger charge is 2.42. The Morgan fingerprint density at radius 3 is 2.44 bits per heavy atom. The minimum atomic E-state index is -0.701. The predicted molar refractivity (Wildman–Crippen MR) is 129 cm³/mol. The summed E-state index contributed by atoms with van der Waals surface area (Å²) in [5.74, 6) is -1.27. The van der Waals surface area contributed by atoms with Crippen molar-refractivity contribution in [1.29, 1.82) is 0 Å². The van der Waals surface area contributed by atoms with Crippen molar-refractivity contribution in [3.05, 3.63) is 89.0 Å². The first-order chi connectivity index (χ1) is 16.4. The Labute approximate surface area is 199 Å². The fraction of sp³-hybridized carbons (Fsp3) is 0.321. The lowest BCUT2D eigenvalue weighted by molar-refractivity contribution is -0.124. The minimum absolute atomic E-state index is 0.00179. The molecule has 1 heterocycles. The lowest BCUT2D eigenvalue weighted by Gasteiger charge is -2.17. The van der Waals surface area contributed by atoms with Gasteiger partial charge in [0.15, 0.2) is 5.78 Å². The molecule has 0 bridgehead atoms. The van der Waals surface area contributed by atoms with E-state index in [1.54, 1.807) is 18.3 Å². The van der Waals surface area contributed by atoms with E-state index < -0.39 is 5.92 Å². The summed E-state index contributed by atoms with van der Waals surface area (Å²) in [4.78, 5) is 30.3. The molecule has 1 aromatic heterocycles. The third-order valence-electron chi connectivity index (χ3n) is 6.37. The number of aromatic nitrogens is 1. The molecular formula is C28H29FN2O3. The van der Waals surface area contributed by atoms with Gasteiger partial charge in [-0.1, -0.05) is 30.3 Å². The van der Waals surface area contributed by atoms with Crippen molar-refractivity contribution in [2.45, 2.75) is 39.2 Å². The lowest BCUT2D eigenvalue weighted by atomic mass is 9.85. The third-order valence-corrected chi connectivity index (χ3v) is 6.37. The number of hydrogen-bond acceptors (Lipinski definition) is 5. The van der Waals surface area contributed by atoms with Crippen LogP contribution < -0.4 is 5.32 Å². The summed E-state index contributed by atoms with van der Waals surface area (Å²) in [6.45, 7) is 5.24. The van der Waals surface area contributed by atoms with Gasteiger partial charge in [0.25, 0.3) is 0 Å². The molecule has 0 spiro atoms. The lowest BCUT2D eigenvalue weighted by Crippen LogP contribution is -2.24. The van der Waals surface area contributed by atoms with Crippen LogP contribution in [-0.2, 0) is 20.9 Å². The Morgan fingerprint density at radius 1 is 1.03 bits per heavy atom. The average Bonchev–Trinajstić information content (AvgIpc) is 3.10. The van der Waals surface area contributed by atoms with Gasteiger partial charge < -0.3 is 4.74 Å². The number of Topliss-reactive ketones (excluding diaryl/α,β-unsaturated/α-hetero) is 2. The zero-order valence-electron chi connectivity index (χ0n) is 19.5. The summed E-state index contributed by atoms with van der Waals surface area (Å²) < 4.78 is 18.8. The first kappa shape index (κ1) is 23.9. The van der Waals surface area contributed by atoms with Gasteiger partial charge in [0.1, 0.15) is 17.5 Å². The van der Waals surface area contributed by atoms with Crippen LogP contribution in [0.1, 0.15) is 41.1 Å². The molecule has 0 aliphatic heterocycles. The van der Waals surface area contributed by atoms with Crippen molar-refractivity contribution >= 4 is 11.6 Å². The van der Waals surface area contributed by atoms with Gasteiger partial charge in [0.2, 0.25) is 0 Å². The van der Waals surface area contributed by atoms with Crippen LogP contribution in [0.15, 0.2) is 60.8 Å². The van der Waals surface area contributed by atoms with E-state index in [1.165, 1.54) is 12.1 Å². The van der Waals surface area contributed by atoms with Crippen molar-refractivity contribution in [3.8, 4) is 11.1 Å². The van der Waals surface area contributed by atoms with Crippen LogP contribution in [0.2, 0.25) is 0 Å². The monoisotopic (exact) mass is 460 g/mol. The number of ether oxygens (including phenoxy) is 1. The van der Waals surface area contributed by atoms with E-state index in [1.807, 2.05) is 44.2 Å². The van der Waals surface area contributed by atoms with E-state index in [9.17, 15) is 14.0 Å². The van der Waals surface area contributed by atoms with Crippen LogP contribution in [0.5, 0.6) is 0 Å². The van der Waals surface area contributed by atoms with Gasteiger partial charge in [-0.2, -0.15) is 0 Å². The van der Waals surface area contributed by atoms with Crippen molar-refractivity contribution in [2.75, 3.05) is 13.3 Å². The number of carbonyl (C=O) groups is 2. The molecule has 2 aromatic carbocycles. The zero-order valence-corrected chi connectivity index (χ0v) is 19.5. The van der Waals surface area contributed by atoms with E-state index in [-0.39, 0.29) is 29.7 Å². The second-order valence-corrected chi connectivity index (χ2v) is 8.84. The van der Waals surface area contributed by atoms with E-state index >= 15 is 0 Å². The molecule has 0 radical (unpaired) electrons. The number of ketones is 2. The normalized spacial score (nSPS) is 18.0. The Morgan fingerprint density at radius 2 is 1.76 bits per heavy atom. The molecule has 1 saturated carbocycles. The number of pyridine rings is 1. The highest BCUT2D eigenvalue weighted by molar-refractivity contribution is 6.15. The first-order valence-electron chi connectivity index (χ1n) is 11.6. The minimum Gasteiger partial charge on any atom is -0.360 e. The molecule has 2 atom stereocenters. The number of rotatable bonds is 9. The van der Waals surface area contributed by atoms with Crippen molar-refractivity contribution in [2.24, 2.45) is 5.92 Å². The maximum Gasteiger partial charge on any atom is 0.151 e. The molecule has 34 heavy (non-hydrogen) atoms. The summed E-state index contributed by atoms with van der Waals surface area (Å²) in [5.41, 5.74) is 5.34. The van der Waals surface area contributed by atoms with Gasteiger partial charge in [0, 0.05) is 18.5 Å². The van der Waals surface area contributed by atoms with E-state index in [0.717, 1.165) is 33.5 Å². The van der Waals surface area contributed by atoms with Gasteiger partial charge in [-0.05, 0) is 78.9 Å². The summed E-state index contributed by atoms with van der Waals surface area (Å²) in [6, 6.07) is 16.0. The van der Waals surface area contributed by atoms with Gasteiger partial charge in [-0.25, -0.2) is 4.39 Å². The van der Waals surface area contributed by atoms with Crippen LogP contribution in [0.3, 0.4) is 0 Å². The quantitative estimate of drug-likeness (QED) is 0.279. The molecule has 1 fully saturated rings. The number of hydrogen-bond donors (Lipinski definition) is 1. The second kappa shape index (κ2) is 10.8. The van der Waals surface area contributed by atoms with Gasteiger partial charge >= 0.3 is 0 Å². The summed E-state index contributed by atoms with van der Waals surface area (Å²) >= 11 is 0. The molecule has 2 unspecified atom stereocenters. The van der Waals surface area contributed by atoms with Crippen LogP contribution in [0.25, 0.3) is 11.1 Å². The predicted octanol–water partition coefficient (Wildman–Crippen LogP) is 4.90. The first-order valence-corrected chi connectivity index (χ1v) is 11.6. The molecule has 5 nitrogen and oxygen atoms in total. The highest BCUT2D eigenvalue weighted by atomic mass is 19.1. The van der Waals surface area contributed by atoms with Crippen molar-refractivity contribution in [1.82, 2.24) is 10.3 Å². The molecule has 176 valence electrons. The number of halogens is 1. The van der Waals surface area contributed by atoms with Gasteiger partial charge in [0.05, 0.1) is 19.0 Å². The molecule has 0 saturated heterocycles. The Bertz CT molecular complexity index is 1140. The molecule has 1 aliphatic carbocycles. The van der Waals surface area contributed by atoms with Gasteiger partial charge in [-0.15, -0.1) is 0 Å². The number of carbonyl (C=O) groups excluding carboxylic acids is 2. The highest BCUT2D eigenvalue weighted by Crippen LogP contribution is 2.38. The fourth-order valence-electron chi connectivity index (χ4n) is 4.70. The van der Waals surface area contributed by atoms with Crippen LogP contribution >= 0.6 is 0 Å². The number of aryl methyl sites for hydroxylation is 2. The largest absolute Gasteiger partial charge is 0.360 e. The molecule has 6 heteroatoms. The molecular weight excluding hydrogens is 431 g/mol. The Balaban J connectivity index is 1.35. The molecule has 0 amide bonds. The fourth-order valence-corrected chi connectivity index (χ4v) is 4.70. The van der Waals surface area contributed by atoms with Gasteiger partial charge in [-0.3, -0.25) is 19.9 Å². The summed E-state index contributed by atoms with van der Waals surface area (Å²) in [7, 11) is 0. The van der Waals surface area contributed by atoms with Crippen LogP contribution in [0.4, 0.5) is 4.39 Å². The van der Waals surface area contributed by atoms with Crippen molar-refractivity contribution in [3.63, 3.8) is 0 Å². The van der Waals surface area contributed by atoms with E-state index in [0.29, 0.717) is 26.3 Å². The van der Waals surface area contributed by atoms with Crippen LogP contribution in [0, 0.1) is 25.6 Å². The SMILES string of the molecule is Cc1cc(-c2ccc(F)cc2)cc(C)c1C1C(=O)CC(CCNCOCc2ccccn2)C1=O. The smallest absolute Gasteiger partial charge is 0.151 e. The van der Waals surface area contributed by atoms with Crippen LogP contribution in [-0.4, -0.2) is 29.8 Å². The molecule has 1 N–H and O–H groups in total. The maximum absolute atomic E-state index is 13.3. The van der Waals surface area contributed by atoms with E-state index in [4.69, 9.17) is 4.74 Å². The van der Waals surface area contributed by atoms with Crippen molar-refractivity contribution < 1.29 is 18.7 Å². The topological polar surface area (TPSA) is 68.3 Å². The molecule has 3 aromatic rings. The number of nitrogens with one attached hydrogen (secondary N) is 1. The summed E-state index contributed by atoms with van der Waals surface area (Å²) in [6.07, 6.45) is 2.60. The molecule has 4 rings (SSSR count). The number of nitrogens with zero attached hydrogens (tertiary/aromatic N) is 1.